The Labute approximate surface area is 282 Å². The molecule has 0 unspecified atom stereocenters. The molecule has 3 aromatic carbocycles. The molecule has 0 saturated carbocycles. The van der Waals surface area contributed by atoms with E-state index in [1.54, 1.807) is 4.57 Å². The van der Waals surface area contributed by atoms with Crippen LogP contribution in [0.25, 0.3) is 11.2 Å². The van der Waals surface area contributed by atoms with E-state index in [4.69, 9.17) is 19.1 Å². The second-order valence-corrected chi connectivity index (χ2v) is 12.0. The van der Waals surface area contributed by atoms with Gasteiger partial charge < -0.3 is 35.1 Å². The SMILES string of the molecule is CCc1nnc([C@H]2O[C@@H](n3cnc4c(NCC(c5ccccc5)c5ccccc5)nc(N[C@H](CO)Cc5ccccc5)nc43)[C@H](O)[C@@H]2O)o1. The van der Waals surface area contributed by atoms with Crippen LogP contribution < -0.4 is 10.6 Å². The van der Waals surface area contributed by atoms with Crippen molar-refractivity contribution < 1.29 is 24.5 Å². The minimum Gasteiger partial charge on any atom is -0.422 e. The standard InChI is InChI=1S/C36H38N8O5/c1-2-27-42-43-34(48-27)31-29(46)30(47)35(49-31)44-21-38-28-32(37-19-26(23-14-8-4-9-15-23)24-16-10-5-11-17-24)40-36(41-33(28)44)39-25(20-45)18-22-12-6-3-7-13-22/h3-17,21,25-26,29-31,35,45-47H,2,18-20H2,1H3,(H2,37,39,40,41)/t25-,29-,30+,31-,35+/m0/s1. The molecule has 1 fully saturated rings. The van der Waals surface area contributed by atoms with Gasteiger partial charge in [-0.05, 0) is 23.1 Å². The van der Waals surface area contributed by atoms with Crippen LogP contribution in [0.2, 0.25) is 0 Å². The van der Waals surface area contributed by atoms with Crippen molar-refractivity contribution in [3.05, 3.63) is 126 Å². The largest absolute Gasteiger partial charge is 0.422 e. The molecule has 1 aliphatic rings. The third-order valence-corrected chi connectivity index (χ3v) is 8.72. The van der Waals surface area contributed by atoms with Crippen LogP contribution in [0.1, 0.15) is 53.6 Å². The van der Waals surface area contributed by atoms with Crippen molar-refractivity contribution in [2.75, 3.05) is 23.8 Å². The first kappa shape index (κ1) is 32.3. The minimum absolute atomic E-state index is 0.00695. The average Bonchev–Trinajstić information content (AvgIpc) is 3.87. The maximum atomic E-state index is 11.2. The van der Waals surface area contributed by atoms with Gasteiger partial charge in [-0.2, -0.15) is 9.97 Å². The third-order valence-electron chi connectivity index (χ3n) is 8.72. The summed E-state index contributed by atoms with van der Waals surface area (Å²) in [7, 11) is 0. The molecule has 0 aliphatic carbocycles. The van der Waals surface area contributed by atoms with E-state index in [1.807, 2.05) is 73.7 Å². The van der Waals surface area contributed by atoms with Gasteiger partial charge in [0.2, 0.25) is 17.7 Å². The number of fused-ring (bicyclic) bond motifs is 1. The topological polar surface area (TPSA) is 176 Å². The molecule has 5 atom stereocenters. The number of hydrogen-bond donors (Lipinski definition) is 5. The van der Waals surface area contributed by atoms with E-state index < -0.39 is 30.6 Å². The van der Waals surface area contributed by atoms with Crippen LogP contribution in [-0.4, -0.2) is 76.4 Å². The highest BCUT2D eigenvalue weighted by Gasteiger charge is 2.47. The van der Waals surface area contributed by atoms with Crippen molar-refractivity contribution in [1.82, 2.24) is 29.7 Å². The molecule has 13 heteroatoms. The fourth-order valence-corrected chi connectivity index (χ4v) is 6.15. The van der Waals surface area contributed by atoms with Gasteiger partial charge in [0.25, 0.3) is 0 Å². The number of ether oxygens (including phenoxy) is 1. The lowest BCUT2D eigenvalue weighted by atomic mass is 9.91. The van der Waals surface area contributed by atoms with Gasteiger partial charge in [0, 0.05) is 18.9 Å². The molecule has 6 aromatic rings. The minimum atomic E-state index is -1.36. The Morgan fingerprint density at radius 3 is 2.16 bits per heavy atom. The number of nitrogens with zero attached hydrogens (tertiary/aromatic N) is 6. The summed E-state index contributed by atoms with van der Waals surface area (Å²) in [5, 5.41) is 47.3. The zero-order valence-electron chi connectivity index (χ0n) is 26.9. The molecule has 3 aromatic heterocycles. The summed E-state index contributed by atoms with van der Waals surface area (Å²) in [5.74, 6) is 1.17. The van der Waals surface area contributed by atoms with E-state index >= 15 is 0 Å². The van der Waals surface area contributed by atoms with Gasteiger partial charge in [0.05, 0.1) is 19.0 Å². The van der Waals surface area contributed by atoms with Gasteiger partial charge in [-0.15, -0.1) is 10.2 Å². The average molecular weight is 663 g/mol. The molecular formula is C36H38N8O5. The van der Waals surface area contributed by atoms with Crippen LogP contribution >= 0.6 is 0 Å². The fourth-order valence-electron chi connectivity index (χ4n) is 6.15. The number of anilines is 2. The molecule has 7 rings (SSSR count). The molecule has 0 bridgehead atoms. The van der Waals surface area contributed by atoms with Gasteiger partial charge in [0.15, 0.2) is 29.3 Å². The summed E-state index contributed by atoms with van der Waals surface area (Å²) in [6.07, 6.45) is -2.26. The molecule has 5 N–H and O–H groups in total. The number of benzene rings is 3. The molecular weight excluding hydrogens is 624 g/mol. The van der Waals surface area contributed by atoms with Crippen molar-refractivity contribution in [2.24, 2.45) is 0 Å². The van der Waals surface area contributed by atoms with Gasteiger partial charge in [-0.3, -0.25) is 4.57 Å². The number of aliphatic hydroxyl groups excluding tert-OH is 3. The normalized spacial score (nSPS) is 19.8. The van der Waals surface area contributed by atoms with E-state index in [0.29, 0.717) is 42.3 Å². The van der Waals surface area contributed by atoms with Gasteiger partial charge >= 0.3 is 0 Å². The number of hydrogen-bond acceptors (Lipinski definition) is 12. The highest BCUT2D eigenvalue weighted by Crippen LogP contribution is 2.40. The highest BCUT2D eigenvalue weighted by atomic mass is 16.6. The van der Waals surface area contributed by atoms with E-state index in [-0.39, 0.29) is 24.4 Å². The first-order valence-corrected chi connectivity index (χ1v) is 16.4. The summed E-state index contributed by atoms with van der Waals surface area (Å²) in [6.45, 7) is 2.20. The Kier molecular flexibility index (Phi) is 9.57. The number of aryl methyl sites for hydroxylation is 1. The monoisotopic (exact) mass is 662 g/mol. The number of rotatable bonds is 13. The van der Waals surface area contributed by atoms with E-state index in [1.165, 1.54) is 6.33 Å². The number of imidazole rings is 1. The van der Waals surface area contributed by atoms with Crippen LogP contribution in [0.4, 0.5) is 11.8 Å². The summed E-state index contributed by atoms with van der Waals surface area (Å²) >= 11 is 0. The lowest BCUT2D eigenvalue weighted by Gasteiger charge is -2.21. The number of aliphatic hydroxyl groups is 3. The van der Waals surface area contributed by atoms with E-state index in [0.717, 1.165) is 16.7 Å². The Morgan fingerprint density at radius 2 is 1.53 bits per heavy atom. The van der Waals surface area contributed by atoms with Crippen LogP contribution in [0.15, 0.2) is 102 Å². The zero-order chi connectivity index (χ0) is 33.7. The Balaban J connectivity index is 1.24. The smallest absolute Gasteiger partial charge is 0.248 e. The third kappa shape index (κ3) is 6.87. The van der Waals surface area contributed by atoms with Crippen LogP contribution in [0.5, 0.6) is 0 Å². The summed E-state index contributed by atoms with van der Waals surface area (Å²) in [4.78, 5) is 14.3. The van der Waals surface area contributed by atoms with Crippen LogP contribution in [0, 0.1) is 0 Å². The second-order valence-electron chi connectivity index (χ2n) is 12.0. The van der Waals surface area contributed by atoms with Gasteiger partial charge in [-0.25, -0.2) is 4.98 Å². The van der Waals surface area contributed by atoms with Crippen molar-refractivity contribution in [1.29, 1.82) is 0 Å². The summed E-state index contributed by atoms with van der Waals surface area (Å²) in [5.41, 5.74) is 4.10. The quantitative estimate of drug-likeness (QED) is 0.120. The first-order valence-electron chi connectivity index (χ1n) is 16.4. The highest BCUT2D eigenvalue weighted by molar-refractivity contribution is 5.84. The maximum absolute atomic E-state index is 11.2. The van der Waals surface area contributed by atoms with Crippen molar-refractivity contribution in [3.63, 3.8) is 0 Å². The Hall–Kier alpha value is -5.21. The first-order chi connectivity index (χ1) is 24.0. The molecule has 4 heterocycles. The predicted octanol–water partition coefficient (Wildman–Crippen LogP) is 4.02. The Bertz CT molecular complexity index is 1920. The van der Waals surface area contributed by atoms with E-state index in [9.17, 15) is 15.3 Å². The lowest BCUT2D eigenvalue weighted by Crippen LogP contribution is -2.29. The number of aromatic nitrogens is 6. The fraction of sp³-hybridized carbons (Fsp3) is 0.306. The molecule has 0 radical (unpaired) electrons. The molecule has 0 spiro atoms. The molecule has 49 heavy (non-hydrogen) atoms. The molecule has 13 nitrogen and oxygen atoms in total. The van der Waals surface area contributed by atoms with E-state index in [2.05, 4.69) is 50.1 Å². The second kappa shape index (κ2) is 14.5. The van der Waals surface area contributed by atoms with Crippen molar-refractivity contribution >= 4 is 22.9 Å². The van der Waals surface area contributed by atoms with Crippen LogP contribution in [-0.2, 0) is 17.6 Å². The molecule has 1 saturated heterocycles. The summed E-state index contributed by atoms with van der Waals surface area (Å²) in [6, 6.07) is 29.9. The van der Waals surface area contributed by atoms with Crippen LogP contribution in [0.3, 0.4) is 0 Å². The predicted molar refractivity (Wildman–Crippen MR) is 182 cm³/mol. The Morgan fingerprint density at radius 1 is 0.857 bits per heavy atom. The summed E-state index contributed by atoms with van der Waals surface area (Å²) < 4.78 is 13.4. The maximum Gasteiger partial charge on any atom is 0.248 e. The zero-order valence-corrected chi connectivity index (χ0v) is 26.9. The molecule has 1 aliphatic heterocycles. The van der Waals surface area contributed by atoms with Crippen molar-refractivity contribution in [2.45, 2.75) is 56.3 Å². The van der Waals surface area contributed by atoms with Crippen molar-refractivity contribution in [3.8, 4) is 0 Å². The molecule has 252 valence electrons. The number of nitrogens with one attached hydrogen (secondary N) is 2. The lowest BCUT2D eigenvalue weighted by molar-refractivity contribution is -0.0439. The van der Waals surface area contributed by atoms with Gasteiger partial charge in [-0.1, -0.05) is 97.9 Å². The molecule has 0 amide bonds. The van der Waals surface area contributed by atoms with Gasteiger partial charge in [0.1, 0.15) is 12.2 Å².